The summed E-state index contributed by atoms with van der Waals surface area (Å²) in [7, 11) is 0. The van der Waals surface area contributed by atoms with Crippen LogP contribution >= 0.6 is 0 Å². The Kier molecular flexibility index (Phi) is 4.09. The van der Waals surface area contributed by atoms with E-state index in [1.54, 1.807) is 30.3 Å². The number of hydrogen-bond acceptors (Lipinski definition) is 4. The number of ether oxygens (including phenoxy) is 1. The number of esters is 1. The molecule has 2 saturated carbocycles. The fourth-order valence-electron chi connectivity index (χ4n) is 5.35. The summed E-state index contributed by atoms with van der Waals surface area (Å²) in [5.74, 6) is 0.322. The van der Waals surface area contributed by atoms with Gasteiger partial charge in [0.05, 0.1) is 23.1 Å². The Labute approximate surface area is 169 Å². The molecule has 3 aliphatic rings. The van der Waals surface area contributed by atoms with Gasteiger partial charge in [-0.2, -0.15) is 0 Å². The SMILES string of the molecule is Cc1ccc(OC(=O)c2ccc(N3C(=O)[C@@H]4[C@@H]5CC[C@@H](C5)[C@@H]4C3=O)cc2)cc1C. The molecule has 4 atom stereocenters. The van der Waals surface area contributed by atoms with Crippen molar-refractivity contribution in [1.29, 1.82) is 0 Å². The lowest BCUT2D eigenvalue weighted by molar-refractivity contribution is -0.123. The molecule has 1 aliphatic heterocycles. The molecule has 148 valence electrons. The first-order chi connectivity index (χ1) is 13.9. The lowest BCUT2D eigenvalue weighted by Crippen LogP contribution is -2.32. The predicted molar refractivity (Wildman–Crippen MR) is 108 cm³/mol. The monoisotopic (exact) mass is 389 g/mol. The summed E-state index contributed by atoms with van der Waals surface area (Å²) in [4.78, 5) is 39.6. The van der Waals surface area contributed by atoms with Crippen LogP contribution in [-0.4, -0.2) is 17.8 Å². The van der Waals surface area contributed by atoms with E-state index in [9.17, 15) is 14.4 Å². The second-order valence-electron chi connectivity index (χ2n) is 8.58. The molecule has 29 heavy (non-hydrogen) atoms. The van der Waals surface area contributed by atoms with Gasteiger partial charge in [0.2, 0.25) is 11.8 Å². The van der Waals surface area contributed by atoms with Crippen molar-refractivity contribution in [3.8, 4) is 5.75 Å². The quantitative estimate of drug-likeness (QED) is 0.451. The normalized spacial score (nSPS) is 27.4. The topological polar surface area (TPSA) is 63.7 Å². The minimum atomic E-state index is -0.464. The van der Waals surface area contributed by atoms with Crippen LogP contribution in [0.2, 0.25) is 0 Å². The van der Waals surface area contributed by atoms with E-state index in [1.165, 1.54) is 4.90 Å². The maximum Gasteiger partial charge on any atom is 0.343 e. The number of anilines is 1. The van der Waals surface area contributed by atoms with Crippen molar-refractivity contribution in [2.45, 2.75) is 33.1 Å². The largest absolute Gasteiger partial charge is 0.423 e. The molecule has 0 aromatic heterocycles. The Morgan fingerprint density at radius 3 is 2.10 bits per heavy atom. The highest BCUT2D eigenvalue weighted by Gasteiger charge is 2.61. The van der Waals surface area contributed by atoms with Gasteiger partial charge in [-0.3, -0.25) is 14.5 Å². The molecular weight excluding hydrogens is 366 g/mol. The third-order valence-electron chi connectivity index (χ3n) is 6.98. The Balaban J connectivity index is 1.34. The van der Waals surface area contributed by atoms with Crippen molar-refractivity contribution in [2.75, 3.05) is 4.90 Å². The molecule has 2 aromatic carbocycles. The number of amides is 2. The molecule has 1 heterocycles. The van der Waals surface area contributed by atoms with E-state index in [-0.39, 0.29) is 23.7 Å². The number of carbonyl (C=O) groups excluding carboxylic acids is 3. The van der Waals surface area contributed by atoms with Gasteiger partial charge < -0.3 is 4.74 Å². The summed E-state index contributed by atoms with van der Waals surface area (Å²) < 4.78 is 5.45. The van der Waals surface area contributed by atoms with Crippen LogP contribution in [0, 0.1) is 37.5 Å². The summed E-state index contributed by atoms with van der Waals surface area (Å²) in [6, 6.07) is 12.1. The first-order valence-electron chi connectivity index (χ1n) is 10.2. The maximum atomic E-state index is 12.9. The maximum absolute atomic E-state index is 12.9. The van der Waals surface area contributed by atoms with Gasteiger partial charge in [0.1, 0.15) is 5.75 Å². The molecule has 2 bridgehead atoms. The summed E-state index contributed by atoms with van der Waals surface area (Å²) in [5.41, 5.74) is 3.10. The van der Waals surface area contributed by atoms with Gasteiger partial charge in [0.25, 0.3) is 0 Å². The van der Waals surface area contributed by atoms with E-state index in [4.69, 9.17) is 4.74 Å². The standard InChI is InChI=1S/C24H23NO4/c1-13-3-10-19(11-14(13)2)29-24(28)15-6-8-18(9-7-15)25-22(26)20-16-4-5-17(12-16)21(20)23(25)27/h3,6-11,16-17,20-21H,4-5,12H2,1-2H3/t16-,17+,20-,21+. The van der Waals surface area contributed by atoms with Crippen LogP contribution < -0.4 is 9.64 Å². The number of fused-ring (bicyclic) bond motifs is 5. The Hall–Kier alpha value is -2.95. The number of rotatable bonds is 3. The molecule has 5 nitrogen and oxygen atoms in total. The number of hydrogen-bond donors (Lipinski definition) is 0. The van der Waals surface area contributed by atoms with E-state index in [1.807, 2.05) is 26.0 Å². The molecule has 0 radical (unpaired) electrons. The molecule has 5 rings (SSSR count). The highest BCUT2D eigenvalue weighted by atomic mass is 16.5. The average Bonchev–Trinajstić information content (AvgIpc) is 3.39. The average molecular weight is 389 g/mol. The van der Waals surface area contributed by atoms with Crippen molar-refractivity contribution in [1.82, 2.24) is 0 Å². The molecule has 5 heteroatoms. The molecule has 2 aliphatic carbocycles. The second-order valence-corrected chi connectivity index (χ2v) is 8.58. The van der Waals surface area contributed by atoms with Crippen molar-refractivity contribution < 1.29 is 19.1 Å². The second kappa shape index (κ2) is 6.55. The first-order valence-corrected chi connectivity index (χ1v) is 10.2. The molecular formula is C24H23NO4. The van der Waals surface area contributed by atoms with Crippen LogP contribution in [0.1, 0.15) is 40.7 Å². The molecule has 0 unspecified atom stereocenters. The van der Waals surface area contributed by atoms with Crippen LogP contribution in [0.4, 0.5) is 5.69 Å². The van der Waals surface area contributed by atoms with E-state index in [0.29, 0.717) is 28.8 Å². The third kappa shape index (κ3) is 2.79. The van der Waals surface area contributed by atoms with Crippen molar-refractivity contribution in [3.63, 3.8) is 0 Å². The van der Waals surface area contributed by atoms with Crippen LogP contribution in [0.3, 0.4) is 0 Å². The van der Waals surface area contributed by atoms with Crippen molar-refractivity contribution in [3.05, 3.63) is 59.2 Å². The molecule has 1 saturated heterocycles. The van der Waals surface area contributed by atoms with Crippen LogP contribution in [0.5, 0.6) is 5.75 Å². The van der Waals surface area contributed by atoms with E-state index >= 15 is 0 Å². The van der Waals surface area contributed by atoms with Crippen molar-refractivity contribution in [2.24, 2.45) is 23.7 Å². The third-order valence-corrected chi connectivity index (χ3v) is 6.98. The first kappa shape index (κ1) is 18.1. The van der Waals surface area contributed by atoms with Gasteiger partial charge in [-0.15, -0.1) is 0 Å². The van der Waals surface area contributed by atoms with Crippen LogP contribution in [0.15, 0.2) is 42.5 Å². The van der Waals surface area contributed by atoms with Gasteiger partial charge in [0.15, 0.2) is 0 Å². The predicted octanol–water partition coefficient (Wildman–Crippen LogP) is 4.06. The molecule has 2 aromatic rings. The number of benzene rings is 2. The van der Waals surface area contributed by atoms with Gasteiger partial charge >= 0.3 is 5.97 Å². The minimum Gasteiger partial charge on any atom is -0.423 e. The van der Waals surface area contributed by atoms with Crippen LogP contribution in [0.25, 0.3) is 0 Å². The Morgan fingerprint density at radius 2 is 1.52 bits per heavy atom. The smallest absolute Gasteiger partial charge is 0.343 e. The summed E-state index contributed by atoms with van der Waals surface area (Å²) in [5, 5.41) is 0. The van der Waals surface area contributed by atoms with E-state index in [2.05, 4.69) is 0 Å². The van der Waals surface area contributed by atoms with Crippen molar-refractivity contribution >= 4 is 23.5 Å². The van der Waals surface area contributed by atoms with Gasteiger partial charge in [-0.05, 0) is 92.5 Å². The summed E-state index contributed by atoms with van der Waals surface area (Å²) >= 11 is 0. The number of carbonyl (C=O) groups is 3. The minimum absolute atomic E-state index is 0.0716. The lowest BCUT2D eigenvalue weighted by Gasteiger charge is -2.19. The fraction of sp³-hybridized carbons (Fsp3) is 0.375. The molecule has 3 fully saturated rings. The summed E-state index contributed by atoms with van der Waals surface area (Å²) in [6.45, 7) is 3.97. The summed E-state index contributed by atoms with van der Waals surface area (Å²) in [6.07, 6.45) is 3.13. The number of aryl methyl sites for hydroxylation is 2. The number of imide groups is 1. The zero-order valence-corrected chi connectivity index (χ0v) is 16.6. The highest BCUT2D eigenvalue weighted by Crippen LogP contribution is 2.56. The molecule has 0 spiro atoms. The lowest BCUT2D eigenvalue weighted by atomic mass is 9.81. The Bertz CT molecular complexity index is 998. The fourth-order valence-corrected chi connectivity index (χ4v) is 5.35. The van der Waals surface area contributed by atoms with E-state index < -0.39 is 5.97 Å². The van der Waals surface area contributed by atoms with Gasteiger partial charge in [-0.1, -0.05) is 6.07 Å². The van der Waals surface area contributed by atoms with E-state index in [0.717, 1.165) is 30.4 Å². The zero-order valence-electron chi connectivity index (χ0n) is 16.6. The van der Waals surface area contributed by atoms with Gasteiger partial charge in [0, 0.05) is 0 Å². The Morgan fingerprint density at radius 1 is 0.897 bits per heavy atom. The molecule has 2 amide bonds. The molecule has 0 N–H and O–H groups in total. The van der Waals surface area contributed by atoms with Crippen LogP contribution in [-0.2, 0) is 9.59 Å². The van der Waals surface area contributed by atoms with Gasteiger partial charge in [-0.25, -0.2) is 4.79 Å². The zero-order chi connectivity index (χ0) is 20.3. The highest BCUT2D eigenvalue weighted by molar-refractivity contribution is 6.22. The number of nitrogens with zero attached hydrogens (tertiary/aromatic N) is 1.